The Morgan fingerprint density at radius 2 is 1.89 bits per heavy atom. The van der Waals surface area contributed by atoms with Crippen LogP contribution in [0.15, 0.2) is 0 Å². The van der Waals surface area contributed by atoms with Crippen LogP contribution in [0.1, 0.15) is 27.2 Å². The third kappa shape index (κ3) is 6.01. The first-order chi connectivity index (χ1) is 3.95. The second kappa shape index (κ2) is 3.34. The normalized spacial score (nSPS) is 15.4. The average Bonchev–Trinajstić information content (AvgIpc) is 1.62. The Morgan fingerprint density at radius 1 is 1.44 bits per heavy atom. The molecule has 2 heteroatoms. The van der Waals surface area contributed by atoms with Crippen molar-refractivity contribution in [2.24, 2.45) is 5.92 Å². The molecule has 0 bridgehead atoms. The van der Waals surface area contributed by atoms with Gasteiger partial charge in [-0.25, -0.2) is 0 Å². The van der Waals surface area contributed by atoms with Crippen molar-refractivity contribution in [3.8, 4) is 0 Å². The summed E-state index contributed by atoms with van der Waals surface area (Å²) in [5, 5.41) is -0.0568. The van der Waals surface area contributed by atoms with Crippen LogP contribution in [0.25, 0.3) is 0 Å². The monoisotopic (exact) mass is 120 g/mol. The van der Waals surface area contributed by atoms with Gasteiger partial charge < -0.3 is 0 Å². The summed E-state index contributed by atoms with van der Waals surface area (Å²) >= 11 is 0. The van der Waals surface area contributed by atoms with Gasteiger partial charge in [0, 0.05) is 0 Å². The molecule has 0 nitrogen and oxygen atoms in total. The molecule has 0 heterocycles. The minimum Gasteiger partial charge on any atom is -0.0862 e. The van der Waals surface area contributed by atoms with Crippen molar-refractivity contribution in [3.05, 3.63) is 0 Å². The van der Waals surface area contributed by atoms with E-state index in [0.717, 1.165) is 12.7 Å². The number of rotatable bonds is 3. The van der Waals surface area contributed by atoms with Gasteiger partial charge in [-0.1, -0.05) is 44.7 Å². The molecule has 9 heavy (non-hydrogen) atoms. The fourth-order valence-corrected chi connectivity index (χ4v) is 0.981. The molecule has 1 atom stereocenters. The van der Waals surface area contributed by atoms with E-state index in [2.05, 4.69) is 6.92 Å². The van der Waals surface area contributed by atoms with Gasteiger partial charge in [0.15, 0.2) is 0 Å². The lowest BCUT2D eigenvalue weighted by atomic mass is 9.66. The molecule has 0 fully saturated rings. The highest BCUT2D eigenvalue weighted by Crippen LogP contribution is 2.29. The van der Waals surface area contributed by atoms with Crippen molar-refractivity contribution in [1.29, 1.82) is 0 Å². The van der Waals surface area contributed by atoms with E-state index in [1.165, 1.54) is 0 Å². The maximum absolute atomic E-state index is 5.76. The zero-order valence-electron chi connectivity index (χ0n) is 6.65. The van der Waals surface area contributed by atoms with Crippen LogP contribution < -0.4 is 0 Å². The Labute approximate surface area is 61.2 Å². The summed E-state index contributed by atoms with van der Waals surface area (Å²) in [5.74, 6) is 0.546. The third-order valence-corrected chi connectivity index (χ3v) is 1.28. The Hall–Kier alpha value is 0.130. The molecule has 1 unspecified atom stereocenters. The molecule has 0 N–H and O–H groups in total. The smallest absolute Gasteiger partial charge is 0.0738 e. The Bertz CT molecular complexity index is 73.5. The highest BCUT2D eigenvalue weighted by atomic mass is 14.1. The second-order valence-corrected chi connectivity index (χ2v) is 3.53. The van der Waals surface area contributed by atoms with Crippen LogP contribution in [0.4, 0.5) is 0 Å². The SMILES string of the molecule is [B]CC(C)CC([B])(C)C. The molecule has 48 valence electrons. The molecule has 0 saturated heterocycles. The highest BCUT2D eigenvalue weighted by Gasteiger charge is 2.12. The molecule has 0 aromatic rings. The van der Waals surface area contributed by atoms with E-state index in [4.69, 9.17) is 15.7 Å². The summed E-state index contributed by atoms with van der Waals surface area (Å²) in [5.41, 5.74) is 0. The maximum atomic E-state index is 5.76. The minimum absolute atomic E-state index is 0.0568. The lowest BCUT2D eigenvalue weighted by Crippen LogP contribution is -2.07. The first-order valence-electron chi connectivity index (χ1n) is 3.44. The lowest BCUT2D eigenvalue weighted by Gasteiger charge is -2.22. The van der Waals surface area contributed by atoms with Crippen molar-refractivity contribution >= 4 is 15.7 Å². The molecule has 0 amide bonds. The van der Waals surface area contributed by atoms with Crippen LogP contribution in [0.2, 0.25) is 11.6 Å². The van der Waals surface area contributed by atoms with Crippen molar-refractivity contribution in [1.82, 2.24) is 0 Å². The lowest BCUT2D eigenvalue weighted by molar-refractivity contribution is 0.486. The predicted octanol–water partition coefficient (Wildman–Crippen LogP) is 1.97. The van der Waals surface area contributed by atoms with Gasteiger partial charge in [0.05, 0.1) is 15.7 Å². The molecular formula is C7H14B2. The van der Waals surface area contributed by atoms with Crippen molar-refractivity contribution in [3.63, 3.8) is 0 Å². The molecule has 0 aliphatic carbocycles. The molecular weight excluding hydrogens is 106 g/mol. The topological polar surface area (TPSA) is 0 Å². The first-order valence-corrected chi connectivity index (χ1v) is 3.44. The summed E-state index contributed by atoms with van der Waals surface area (Å²) in [6.45, 7) is 6.17. The maximum Gasteiger partial charge on any atom is 0.0738 e. The van der Waals surface area contributed by atoms with E-state index < -0.39 is 0 Å². The quantitative estimate of drug-likeness (QED) is 0.499. The number of hydrogen-bond acceptors (Lipinski definition) is 0. The van der Waals surface area contributed by atoms with Crippen LogP contribution in [-0.4, -0.2) is 15.7 Å². The van der Waals surface area contributed by atoms with Crippen LogP contribution in [0.3, 0.4) is 0 Å². The molecule has 0 rings (SSSR count). The van der Waals surface area contributed by atoms with Gasteiger partial charge in [0.25, 0.3) is 0 Å². The van der Waals surface area contributed by atoms with Crippen LogP contribution in [-0.2, 0) is 0 Å². The summed E-state index contributed by atoms with van der Waals surface area (Å²) in [6.07, 6.45) is 1.74. The number of hydrogen-bond donors (Lipinski definition) is 0. The second-order valence-electron chi connectivity index (χ2n) is 3.53. The summed E-state index contributed by atoms with van der Waals surface area (Å²) in [7, 11) is 11.2. The first kappa shape index (κ1) is 9.13. The third-order valence-electron chi connectivity index (χ3n) is 1.28. The zero-order chi connectivity index (χ0) is 7.49. The van der Waals surface area contributed by atoms with E-state index in [9.17, 15) is 0 Å². The largest absolute Gasteiger partial charge is 0.0862 e. The van der Waals surface area contributed by atoms with Crippen molar-refractivity contribution in [2.75, 3.05) is 0 Å². The zero-order valence-corrected chi connectivity index (χ0v) is 6.65. The van der Waals surface area contributed by atoms with E-state index in [1.54, 1.807) is 0 Å². The molecule has 0 saturated carbocycles. The molecule has 0 aromatic carbocycles. The summed E-state index contributed by atoms with van der Waals surface area (Å²) in [6, 6.07) is 0. The van der Waals surface area contributed by atoms with Crippen LogP contribution >= 0.6 is 0 Å². The Morgan fingerprint density at radius 3 is 2.00 bits per heavy atom. The van der Waals surface area contributed by atoms with E-state index in [-0.39, 0.29) is 5.31 Å². The summed E-state index contributed by atoms with van der Waals surface area (Å²) < 4.78 is 0. The van der Waals surface area contributed by atoms with Gasteiger partial charge in [-0.3, -0.25) is 0 Å². The Kier molecular flexibility index (Phi) is 3.38. The van der Waals surface area contributed by atoms with E-state index >= 15 is 0 Å². The highest BCUT2D eigenvalue weighted by molar-refractivity contribution is 6.14. The fourth-order valence-electron chi connectivity index (χ4n) is 0.981. The van der Waals surface area contributed by atoms with Crippen LogP contribution in [0.5, 0.6) is 0 Å². The molecule has 0 aromatic heterocycles. The Balaban J connectivity index is 3.47. The van der Waals surface area contributed by atoms with Gasteiger partial charge in [0.1, 0.15) is 0 Å². The van der Waals surface area contributed by atoms with Gasteiger partial charge in [-0.15, -0.1) is 0 Å². The standard InChI is InChI=1S/C7H14B2/c1-6(5-8)4-7(2,3)9/h6H,4-5H2,1-3H3. The fraction of sp³-hybridized carbons (Fsp3) is 1.00. The molecule has 0 spiro atoms. The van der Waals surface area contributed by atoms with E-state index in [0.29, 0.717) is 5.92 Å². The minimum atomic E-state index is -0.0568. The van der Waals surface area contributed by atoms with Gasteiger partial charge in [-0.2, -0.15) is 0 Å². The van der Waals surface area contributed by atoms with Crippen molar-refractivity contribution < 1.29 is 0 Å². The molecule has 4 radical (unpaired) electrons. The van der Waals surface area contributed by atoms with Crippen LogP contribution in [0, 0.1) is 5.92 Å². The summed E-state index contributed by atoms with van der Waals surface area (Å²) in [4.78, 5) is 0. The predicted molar refractivity (Wildman–Crippen MR) is 44.1 cm³/mol. The average molecular weight is 120 g/mol. The van der Waals surface area contributed by atoms with Crippen molar-refractivity contribution in [2.45, 2.75) is 38.8 Å². The van der Waals surface area contributed by atoms with Gasteiger partial charge >= 0.3 is 0 Å². The van der Waals surface area contributed by atoms with E-state index in [1.807, 2.05) is 13.8 Å². The van der Waals surface area contributed by atoms with Gasteiger partial charge in [0.2, 0.25) is 0 Å². The molecule has 0 aliphatic heterocycles. The van der Waals surface area contributed by atoms with Gasteiger partial charge in [-0.05, 0) is 0 Å². The molecule has 0 aliphatic rings.